The van der Waals surface area contributed by atoms with Crippen LogP contribution in [0.15, 0.2) is 15.8 Å². The van der Waals surface area contributed by atoms with Gasteiger partial charge in [-0.15, -0.1) is 0 Å². The van der Waals surface area contributed by atoms with Crippen LogP contribution in [0.4, 0.5) is 4.39 Å². The molecule has 1 saturated heterocycles. The Kier molecular flexibility index (Phi) is 4.13. The van der Waals surface area contributed by atoms with Crippen molar-refractivity contribution in [3.63, 3.8) is 0 Å². The maximum absolute atomic E-state index is 13.2. The van der Waals surface area contributed by atoms with Gasteiger partial charge in [0.25, 0.3) is 5.56 Å². The Labute approximate surface area is 107 Å². The number of nitrogens with one attached hydrogen (secondary N) is 1. The first kappa shape index (κ1) is 13.9. The first-order valence-electron chi connectivity index (χ1n) is 5.95. The van der Waals surface area contributed by atoms with Crippen molar-refractivity contribution >= 4 is 0 Å². The van der Waals surface area contributed by atoms with Crippen molar-refractivity contribution in [3.8, 4) is 0 Å². The van der Waals surface area contributed by atoms with Gasteiger partial charge < -0.3 is 14.6 Å². The third-order valence-electron chi connectivity index (χ3n) is 2.92. The maximum atomic E-state index is 13.2. The van der Waals surface area contributed by atoms with Crippen molar-refractivity contribution in [2.75, 3.05) is 13.2 Å². The number of nitrogens with zero attached hydrogens (tertiary/aromatic N) is 1. The lowest BCUT2D eigenvalue weighted by molar-refractivity contribution is -0.0618. The van der Waals surface area contributed by atoms with Gasteiger partial charge in [-0.05, 0) is 6.92 Å². The minimum Gasteiger partial charge on any atom is -0.390 e. The molecule has 1 aliphatic rings. The highest BCUT2D eigenvalue weighted by atomic mass is 19.1. The molecule has 8 heteroatoms. The van der Waals surface area contributed by atoms with Crippen LogP contribution >= 0.6 is 0 Å². The zero-order valence-electron chi connectivity index (χ0n) is 10.3. The number of hydrogen-bond acceptors (Lipinski definition) is 5. The Bertz CT molecular complexity index is 555. The van der Waals surface area contributed by atoms with Crippen LogP contribution in [-0.4, -0.2) is 40.1 Å². The van der Waals surface area contributed by atoms with E-state index in [0.717, 1.165) is 10.8 Å². The standard InChI is InChI=1S/C11H15FN2O5/c1-2-18-5-8-7(15)3-9(19-8)14-4-6(12)10(16)13-11(14)17/h4,7-9,15H,2-3,5H2,1H3,(H,13,16,17)/t7?,8-,9-/m0/s1. The largest absolute Gasteiger partial charge is 0.390 e. The van der Waals surface area contributed by atoms with Gasteiger partial charge in [-0.2, -0.15) is 4.39 Å². The highest BCUT2D eigenvalue weighted by Crippen LogP contribution is 2.27. The molecule has 1 aliphatic heterocycles. The molecule has 7 nitrogen and oxygen atoms in total. The van der Waals surface area contributed by atoms with Crippen LogP contribution < -0.4 is 11.2 Å². The summed E-state index contributed by atoms with van der Waals surface area (Å²) in [6, 6.07) is 0. The van der Waals surface area contributed by atoms with E-state index in [0.29, 0.717) is 6.61 Å². The lowest BCUT2D eigenvalue weighted by atomic mass is 10.2. The summed E-state index contributed by atoms with van der Waals surface area (Å²) >= 11 is 0. The molecule has 2 N–H and O–H groups in total. The molecule has 1 aromatic heterocycles. The van der Waals surface area contributed by atoms with Crippen LogP contribution in [0.25, 0.3) is 0 Å². The molecule has 0 aliphatic carbocycles. The van der Waals surface area contributed by atoms with Crippen LogP contribution in [0.2, 0.25) is 0 Å². The fourth-order valence-corrected chi connectivity index (χ4v) is 1.94. The van der Waals surface area contributed by atoms with Crippen LogP contribution in [0.5, 0.6) is 0 Å². The molecule has 0 amide bonds. The maximum Gasteiger partial charge on any atom is 0.330 e. The van der Waals surface area contributed by atoms with Gasteiger partial charge in [0.15, 0.2) is 0 Å². The average molecular weight is 274 g/mol. The molecule has 0 aromatic carbocycles. The predicted molar refractivity (Wildman–Crippen MR) is 62.3 cm³/mol. The van der Waals surface area contributed by atoms with Gasteiger partial charge in [0, 0.05) is 13.0 Å². The van der Waals surface area contributed by atoms with Gasteiger partial charge in [0.1, 0.15) is 12.3 Å². The van der Waals surface area contributed by atoms with Gasteiger partial charge in [-0.25, -0.2) is 4.79 Å². The summed E-state index contributed by atoms with van der Waals surface area (Å²) in [6.07, 6.45) is -1.30. The molecule has 0 bridgehead atoms. The van der Waals surface area contributed by atoms with Crippen molar-refractivity contribution < 1.29 is 19.0 Å². The molecule has 2 heterocycles. The van der Waals surface area contributed by atoms with Crippen LogP contribution in [0.3, 0.4) is 0 Å². The Hall–Kier alpha value is -1.51. The second-order valence-corrected chi connectivity index (χ2v) is 4.24. The molecular weight excluding hydrogens is 259 g/mol. The third-order valence-corrected chi connectivity index (χ3v) is 2.92. The fourth-order valence-electron chi connectivity index (χ4n) is 1.94. The number of aliphatic hydroxyl groups excluding tert-OH is 1. The molecule has 2 rings (SSSR count). The summed E-state index contributed by atoms with van der Waals surface area (Å²) in [4.78, 5) is 24.3. The average Bonchev–Trinajstić information content (AvgIpc) is 2.72. The van der Waals surface area contributed by atoms with E-state index in [1.807, 2.05) is 4.98 Å². The normalized spacial score (nSPS) is 26.8. The Morgan fingerprint density at radius 1 is 1.63 bits per heavy atom. The molecule has 106 valence electrons. The second-order valence-electron chi connectivity index (χ2n) is 4.24. The third kappa shape index (κ3) is 2.91. The molecule has 19 heavy (non-hydrogen) atoms. The lowest BCUT2D eigenvalue weighted by Crippen LogP contribution is -2.34. The van der Waals surface area contributed by atoms with Crippen LogP contribution in [-0.2, 0) is 9.47 Å². The van der Waals surface area contributed by atoms with Crippen molar-refractivity contribution in [1.29, 1.82) is 0 Å². The van der Waals surface area contributed by atoms with E-state index >= 15 is 0 Å². The van der Waals surface area contributed by atoms with Gasteiger partial charge in [0.2, 0.25) is 5.82 Å². The van der Waals surface area contributed by atoms with E-state index in [2.05, 4.69) is 0 Å². The SMILES string of the molecule is CCOC[C@@H]1O[C@H](n2cc(F)c(=O)[nH]c2=O)CC1O. The van der Waals surface area contributed by atoms with E-state index in [1.54, 1.807) is 6.92 Å². The van der Waals surface area contributed by atoms with Gasteiger partial charge in [0.05, 0.1) is 18.9 Å². The highest BCUT2D eigenvalue weighted by molar-refractivity contribution is 4.91. The zero-order chi connectivity index (χ0) is 14.0. The minimum absolute atomic E-state index is 0.128. The predicted octanol–water partition coefficient (Wildman–Crippen LogP) is -0.639. The summed E-state index contributed by atoms with van der Waals surface area (Å²) in [5, 5.41) is 9.78. The van der Waals surface area contributed by atoms with E-state index in [4.69, 9.17) is 9.47 Å². The zero-order valence-corrected chi connectivity index (χ0v) is 10.3. The first-order valence-corrected chi connectivity index (χ1v) is 5.95. The van der Waals surface area contributed by atoms with Crippen LogP contribution in [0, 0.1) is 5.82 Å². The second kappa shape index (κ2) is 5.64. The molecule has 0 spiro atoms. The summed E-state index contributed by atoms with van der Waals surface area (Å²) in [7, 11) is 0. The Morgan fingerprint density at radius 2 is 2.37 bits per heavy atom. The van der Waals surface area contributed by atoms with Crippen molar-refractivity contribution in [2.24, 2.45) is 0 Å². The van der Waals surface area contributed by atoms with Gasteiger partial charge in [-0.1, -0.05) is 0 Å². The quantitative estimate of drug-likeness (QED) is 0.761. The number of hydrogen-bond donors (Lipinski definition) is 2. The topological polar surface area (TPSA) is 93.5 Å². The Balaban J connectivity index is 2.18. The summed E-state index contributed by atoms with van der Waals surface area (Å²) < 4.78 is 24.7. The number of ether oxygens (including phenoxy) is 2. The number of aromatic nitrogens is 2. The summed E-state index contributed by atoms with van der Waals surface area (Å²) in [5.74, 6) is -1.08. The molecular formula is C11H15FN2O5. The monoisotopic (exact) mass is 274 g/mol. The van der Waals surface area contributed by atoms with E-state index < -0.39 is 35.5 Å². The van der Waals surface area contributed by atoms with E-state index in [9.17, 15) is 19.1 Å². The smallest absolute Gasteiger partial charge is 0.330 e. The number of aromatic amines is 1. The first-order chi connectivity index (χ1) is 9.02. The van der Waals surface area contributed by atoms with E-state index in [1.165, 1.54) is 0 Å². The molecule has 3 atom stereocenters. The molecule has 1 aromatic rings. The fraction of sp³-hybridized carbons (Fsp3) is 0.636. The lowest BCUT2D eigenvalue weighted by Gasteiger charge is -2.15. The van der Waals surface area contributed by atoms with Crippen molar-refractivity contribution in [2.45, 2.75) is 31.8 Å². The highest BCUT2D eigenvalue weighted by Gasteiger charge is 2.35. The van der Waals surface area contributed by atoms with Crippen molar-refractivity contribution in [1.82, 2.24) is 9.55 Å². The summed E-state index contributed by atoms with van der Waals surface area (Å²) in [5.41, 5.74) is -1.86. The number of halogens is 1. The number of aliphatic hydroxyl groups is 1. The molecule has 1 unspecified atom stereocenters. The molecule has 1 fully saturated rings. The van der Waals surface area contributed by atoms with Gasteiger partial charge >= 0.3 is 5.69 Å². The molecule has 0 saturated carbocycles. The Morgan fingerprint density at radius 3 is 3.05 bits per heavy atom. The van der Waals surface area contributed by atoms with Crippen molar-refractivity contribution in [3.05, 3.63) is 32.9 Å². The minimum atomic E-state index is -1.08. The molecule has 0 radical (unpaired) electrons. The number of H-pyrrole nitrogens is 1. The number of rotatable bonds is 4. The summed E-state index contributed by atoms with van der Waals surface area (Å²) in [6.45, 7) is 2.47. The van der Waals surface area contributed by atoms with Crippen LogP contribution in [0.1, 0.15) is 19.6 Å². The van der Waals surface area contributed by atoms with Gasteiger partial charge in [-0.3, -0.25) is 14.3 Å². The van der Waals surface area contributed by atoms with E-state index in [-0.39, 0.29) is 13.0 Å².